The summed E-state index contributed by atoms with van der Waals surface area (Å²) >= 11 is 0. The third-order valence-electron chi connectivity index (χ3n) is 3.07. The van der Waals surface area contributed by atoms with Crippen LogP contribution in [-0.2, 0) is 6.54 Å². The molecule has 1 heterocycles. The molecule has 1 aromatic carbocycles. The molecular formula is C13H13F2N3. The van der Waals surface area contributed by atoms with Crippen LogP contribution in [0.15, 0.2) is 24.4 Å². The van der Waals surface area contributed by atoms with Crippen LogP contribution in [0.3, 0.4) is 0 Å². The molecule has 2 N–H and O–H groups in total. The fraction of sp³-hybridized carbons (Fsp3) is 0.308. The monoisotopic (exact) mass is 249 g/mol. The zero-order valence-electron chi connectivity index (χ0n) is 9.71. The average molecular weight is 249 g/mol. The number of benzene rings is 1. The lowest BCUT2D eigenvalue weighted by Crippen LogP contribution is -2.15. The smallest absolute Gasteiger partial charge is 0.132 e. The summed E-state index contributed by atoms with van der Waals surface area (Å²) in [6.07, 6.45) is 4.01. The van der Waals surface area contributed by atoms with Crippen LogP contribution in [0.2, 0.25) is 0 Å². The average Bonchev–Trinajstić information content (AvgIpc) is 3.08. The highest BCUT2D eigenvalue weighted by molar-refractivity contribution is 5.63. The van der Waals surface area contributed by atoms with Gasteiger partial charge in [-0.05, 0) is 31.0 Å². The minimum atomic E-state index is -0.456. The van der Waals surface area contributed by atoms with E-state index in [-0.39, 0.29) is 5.56 Å². The number of nitrogens with zero attached hydrogens (tertiary/aromatic N) is 1. The van der Waals surface area contributed by atoms with Gasteiger partial charge >= 0.3 is 0 Å². The standard InChI is InChI=1S/C13H13F2N3/c14-9-1-4-12(15)11(5-9)13-8(7-17-18-13)6-16-10-2-3-10/h1,4-5,7,10,16H,2-3,6H2,(H,17,18). The molecule has 3 rings (SSSR count). The molecule has 0 aliphatic heterocycles. The van der Waals surface area contributed by atoms with Gasteiger partial charge in [0.25, 0.3) is 0 Å². The largest absolute Gasteiger partial charge is 0.310 e. The van der Waals surface area contributed by atoms with Gasteiger partial charge in [-0.1, -0.05) is 0 Å². The van der Waals surface area contributed by atoms with Crippen LogP contribution >= 0.6 is 0 Å². The zero-order chi connectivity index (χ0) is 12.5. The van der Waals surface area contributed by atoms with Gasteiger partial charge in [0.05, 0.1) is 11.9 Å². The Labute approximate surface area is 103 Å². The van der Waals surface area contributed by atoms with E-state index in [4.69, 9.17) is 0 Å². The third kappa shape index (κ3) is 2.26. The van der Waals surface area contributed by atoms with Crippen molar-refractivity contribution in [1.29, 1.82) is 0 Å². The summed E-state index contributed by atoms with van der Waals surface area (Å²) in [6.45, 7) is 0.618. The lowest BCUT2D eigenvalue weighted by molar-refractivity contribution is 0.602. The normalized spacial score (nSPS) is 15.0. The highest BCUT2D eigenvalue weighted by Gasteiger charge is 2.21. The second kappa shape index (κ2) is 4.49. The molecule has 0 amide bonds. The molecule has 0 spiro atoms. The van der Waals surface area contributed by atoms with Crippen LogP contribution in [0.1, 0.15) is 18.4 Å². The molecule has 94 valence electrons. The van der Waals surface area contributed by atoms with Gasteiger partial charge < -0.3 is 5.32 Å². The van der Waals surface area contributed by atoms with Crippen molar-refractivity contribution in [2.45, 2.75) is 25.4 Å². The number of hydrogen-bond donors (Lipinski definition) is 2. The van der Waals surface area contributed by atoms with Gasteiger partial charge in [-0.15, -0.1) is 0 Å². The van der Waals surface area contributed by atoms with Crippen LogP contribution in [0.4, 0.5) is 8.78 Å². The Morgan fingerprint density at radius 1 is 1.33 bits per heavy atom. The first-order chi connectivity index (χ1) is 8.74. The van der Waals surface area contributed by atoms with Crippen LogP contribution in [0.25, 0.3) is 11.3 Å². The minimum absolute atomic E-state index is 0.222. The fourth-order valence-corrected chi connectivity index (χ4v) is 1.91. The van der Waals surface area contributed by atoms with Crippen molar-refractivity contribution in [3.63, 3.8) is 0 Å². The first-order valence-electron chi connectivity index (χ1n) is 5.95. The van der Waals surface area contributed by atoms with Crippen molar-refractivity contribution in [2.24, 2.45) is 0 Å². The van der Waals surface area contributed by atoms with Gasteiger partial charge in [0.15, 0.2) is 0 Å². The first-order valence-corrected chi connectivity index (χ1v) is 5.95. The van der Waals surface area contributed by atoms with Gasteiger partial charge in [-0.25, -0.2) is 8.78 Å². The Kier molecular flexibility index (Phi) is 2.83. The molecule has 2 aromatic rings. The van der Waals surface area contributed by atoms with Crippen molar-refractivity contribution in [3.8, 4) is 11.3 Å². The quantitative estimate of drug-likeness (QED) is 0.874. The number of hydrogen-bond acceptors (Lipinski definition) is 2. The lowest BCUT2D eigenvalue weighted by atomic mass is 10.1. The maximum absolute atomic E-state index is 13.7. The molecule has 0 atom stereocenters. The van der Waals surface area contributed by atoms with Gasteiger partial charge in [0, 0.05) is 23.7 Å². The summed E-state index contributed by atoms with van der Waals surface area (Å²) in [7, 11) is 0. The lowest BCUT2D eigenvalue weighted by Gasteiger charge is -2.05. The summed E-state index contributed by atoms with van der Waals surface area (Å²) in [5.74, 6) is -0.907. The van der Waals surface area contributed by atoms with E-state index in [1.807, 2.05) is 0 Å². The Morgan fingerprint density at radius 2 is 2.17 bits per heavy atom. The molecule has 1 aliphatic carbocycles. The van der Waals surface area contributed by atoms with Crippen LogP contribution in [0.5, 0.6) is 0 Å². The molecule has 18 heavy (non-hydrogen) atoms. The summed E-state index contributed by atoms with van der Waals surface area (Å²) in [4.78, 5) is 0. The Morgan fingerprint density at radius 3 is 2.94 bits per heavy atom. The third-order valence-corrected chi connectivity index (χ3v) is 3.07. The highest BCUT2D eigenvalue weighted by Crippen LogP contribution is 2.26. The van der Waals surface area contributed by atoms with E-state index >= 15 is 0 Å². The maximum atomic E-state index is 13.7. The van der Waals surface area contributed by atoms with Gasteiger partial charge in [0.2, 0.25) is 0 Å². The van der Waals surface area contributed by atoms with Gasteiger partial charge in [-0.3, -0.25) is 5.10 Å². The maximum Gasteiger partial charge on any atom is 0.132 e. The molecule has 1 fully saturated rings. The number of H-pyrrole nitrogens is 1. The molecule has 1 aliphatic rings. The van der Waals surface area contributed by atoms with E-state index in [2.05, 4.69) is 15.5 Å². The van der Waals surface area contributed by atoms with Crippen LogP contribution < -0.4 is 5.32 Å². The number of aromatic nitrogens is 2. The number of aromatic amines is 1. The van der Waals surface area contributed by atoms with E-state index in [0.717, 1.165) is 17.7 Å². The second-order valence-electron chi connectivity index (χ2n) is 4.55. The topological polar surface area (TPSA) is 40.7 Å². The van der Waals surface area contributed by atoms with E-state index in [1.54, 1.807) is 6.20 Å². The van der Waals surface area contributed by atoms with E-state index in [9.17, 15) is 8.78 Å². The number of nitrogens with one attached hydrogen (secondary N) is 2. The Bertz CT molecular complexity index is 561. The number of halogens is 2. The molecule has 0 unspecified atom stereocenters. The first kappa shape index (κ1) is 11.3. The van der Waals surface area contributed by atoms with Gasteiger partial charge in [0.1, 0.15) is 11.6 Å². The Hall–Kier alpha value is -1.75. The minimum Gasteiger partial charge on any atom is -0.310 e. The van der Waals surface area contributed by atoms with E-state index in [1.165, 1.54) is 18.9 Å². The fourth-order valence-electron chi connectivity index (χ4n) is 1.91. The number of rotatable bonds is 4. The van der Waals surface area contributed by atoms with Gasteiger partial charge in [-0.2, -0.15) is 5.10 Å². The molecule has 0 radical (unpaired) electrons. The molecule has 1 saturated carbocycles. The Balaban J connectivity index is 1.90. The SMILES string of the molecule is Fc1ccc(F)c(-c2[nH]ncc2CNC2CC2)c1. The molecule has 0 bridgehead atoms. The van der Waals surface area contributed by atoms with Crippen LogP contribution in [-0.4, -0.2) is 16.2 Å². The predicted molar refractivity (Wildman–Crippen MR) is 63.8 cm³/mol. The molecule has 0 saturated heterocycles. The molecule has 1 aromatic heterocycles. The molecule has 5 heteroatoms. The van der Waals surface area contributed by atoms with E-state index in [0.29, 0.717) is 18.3 Å². The van der Waals surface area contributed by atoms with Crippen molar-refractivity contribution in [1.82, 2.24) is 15.5 Å². The van der Waals surface area contributed by atoms with Crippen molar-refractivity contribution >= 4 is 0 Å². The predicted octanol–water partition coefficient (Wildman–Crippen LogP) is 2.61. The molecule has 3 nitrogen and oxygen atoms in total. The van der Waals surface area contributed by atoms with Crippen molar-refractivity contribution in [3.05, 3.63) is 41.6 Å². The summed E-state index contributed by atoms with van der Waals surface area (Å²) in [5, 5.41) is 9.98. The highest BCUT2D eigenvalue weighted by atomic mass is 19.1. The van der Waals surface area contributed by atoms with Crippen molar-refractivity contribution < 1.29 is 8.78 Å². The second-order valence-corrected chi connectivity index (χ2v) is 4.55. The molecular weight excluding hydrogens is 236 g/mol. The summed E-state index contributed by atoms with van der Waals surface area (Å²) < 4.78 is 26.9. The summed E-state index contributed by atoms with van der Waals surface area (Å²) in [6, 6.07) is 3.98. The van der Waals surface area contributed by atoms with Crippen LogP contribution in [0, 0.1) is 11.6 Å². The zero-order valence-corrected chi connectivity index (χ0v) is 9.71. The van der Waals surface area contributed by atoms with E-state index < -0.39 is 11.6 Å². The summed E-state index contributed by atoms with van der Waals surface area (Å²) in [5.41, 5.74) is 1.62. The van der Waals surface area contributed by atoms with Crippen molar-refractivity contribution in [2.75, 3.05) is 0 Å².